The highest BCUT2D eigenvalue weighted by molar-refractivity contribution is 7.99. The molecule has 1 aromatic carbocycles. The number of thioether (sulfide) groups is 1. The van der Waals surface area contributed by atoms with Gasteiger partial charge in [0.1, 0.15) is 0 Å². The van der Waals surface area contributed by atoms with E-state index in [1.807, 2.05) is 18.2 Å². The van der Waals surface area contributed by atoms with E-state index in [4.69, 9.17) is 15.2 Å². The number of hydrogen-bond acceptors (Lipinski definition) is 4. The minimum atomic E-state index is 0.656. The van der Waals surface area contributed by atoms with E-state index in [1.165, 1.54) is 4.90 Å². The molecule has 0 saturated carbocycles. The molecule has 0 saturated heterocycles. The number of benzene rings is 1. The zero-order valence-electron chi connectivity index (χ0n) is 8.94. The molecule has 15 heavy (non-hydrogen) atoms. The van der Waals surface area contributed by atoms with E-state index in [9.17, 15) is 0 Å². The van der Waals surface area contributed by atoms with Crippen LogP contribution in [0.15, 0.2) is 29.2 Å². The molecule has 0 aromatic heterocycles. The van der Waals surface area contributed by atoms with Crippen molar-refractivity contribution in [3.63, 3.8) is 0 Å². The number of nitrogen functional groups attached to an aromatic ring is 1. The third kappa shape index (κ3) is 5.67. The van der Waals surface area contributed by atoms with Crippen molar-refractivity contribution >= 4 is 17.4 Å². The van der Waals surface area contributed by atoms with E-state index < -0.39 is 0 Å². The van der Waals surface area contributed by atoms with Crippen molar-refractivity contribution in [1.82, 2.24) is 0 Å². The Bertz CT molecular complexity index is 281. The molecule has 1 aromatic rings. The van der Waals surface area contributed by atoms with Gasteiger partial charge in [0.05, 0.1) is 19.8 Å². The van der Waals surface area contributed by atoms with Crippen LogP contribution in [-0.4, -0.2) is 32.7 Å². The topological polar surface area (TPSA) is 44.5 Å². The molecule has 0 fully saturated rings. The van der Waals surface area contributed by atoms with Crippen LogP contribution in [0.5, 0.6) is 0 Å². The maximum Gasteiger partial charge on any atom is 0.0700 e. The Kier molecular flexibility index (Phi) is 6.23. The van der Waals surface area contributed by atoms with Gasteiger partial charge in [-0.05, 0) is 18.2 Å². The van der Waals surface area contributed by atoms with E-state index >= 15 is 0 Å². The van der Waals surface area contributed by atoms with Gasteiger partial charge < -0.3 is 15.2 Å². The van der Waals surface area contributed by atoms with E-state index in [2.05, 4.69) is 6.07 Å². The Balaban J connectivity index is 2.10. The van der Waals surface area contributed by atoms with Crippen LogP contribution in [0.25, 0.3) is 0 Å². The van der Waals surface area contributed by atoms with E-state index in [1.54, 1.807) is 18.9 Å². The Morgan fingerprint density at radius 1 is 1.27 bits per heavy atom. The summed E-state index contributed by atoms with van der Waals surface area (Å²) < 4.78 is 10.2. The normalized spacial score (nSPS) is 10.5. The highest BCUT2D eigenvalue weighted by atomic mass is 32.2. The average molecular weight is 227 g/mol. The highest BCUT2D eigenvalue weighted by Gasteiger charge is 1.94. The molecule has 0 radical (unpaired) electrons. The molecule has 0 heterocycles. The van der Waals surface area contributed by atoms with Crippen molar-refractivity contribution in [3.05, 3.63) is 24.3 Å². The molecular weight excluding hydrogens is 210 g/mol. The van der Waals surface area contributed by atoms with Crippen LogP contribution in [0.1, 0.15) is 0 Å². The minimum absolute atomic E-state index is 0.656. The van der Waals surface area contributed by atoms with Crippen molar-refractivity contribution in [2.75, 3.05) is 38.4 Å². The molecule has 0 bridgehead atoms. The van der Waals surface area contributed by atoms with Crippen molar-refractivity contribution < 1.29 is 9.47 Å². The van der Waals surface area contributed by atoms with Crippen LogP contribution in [0, 0.1) is 0 Å². The van der Waals surface area contributed by atoms with E-state index in [-0.39, 0.29) is 0 Å². The Hall–Kier alpha value is -0.710. The fourth-order valence-corrected chi connectivity index (χ4v) is 1.90. The molecule has 3 nitrogen and oxygen atoms in total. The van der Waals surface area contributed by atoms with Crippen molar-refractivity contribution in [3.8, 4) is 0 Å². The zero-order chi connectivity index (χ0) is 10.9. The Morgan fingerprint density at radius 2 is 2.13 bits per heavy atom. The zero-order valence-corrected chi connectivity index (χ0v) is 9.76. The molecule has 0 atom stereocenters. The van der Waals surface area contributed by atoms with Crippen LogP contribution < -0.4 is 5.73 Å². The molecule has 0 amide bonds. The second kappa shape index (κ2) is 7.56. The molecule has 0 aliphatic heterocycles. The number of methoxy groups -OCH3 is 1. The van der Waals surface area contributed by atoms with Crippen LogP contribution in [0.3, 0.4) is 0 Å². The first-order valence-electron chi connectivity index (χ1n) is 4.88. The maximum absolute atomic E-state index is 5.67. The smallest absolute Gasteiger partial charge is 0.0700 e. The maximum atomic E-state index is 5.67. The Labute approximate surface area is 94.9 Å². The van der Waals surface area contributed by atoms with Gasteiger partial charge in [-0.1, -0.05) is 6.07 Å². The third-order valence-corrected chi connectivity index (χ3v) is 2.74. The summed E-state index contributed by atoms with van der Waals surface area (Å²) in [5.74, 6) is 0.938. The molecule has 0 unspecified atom stereocenters. The highest BCUT2D eigenvalue weighted by Crippen LogP contribution is 2.19. The standard InChI is InChI=1S/C11H17NO2S/c1-13-5-6-14-7-8-15-11-4-2-3-10(12)9-11/h2-4,9H,5-8,12H2,1H3. The molecule has 0 aliphatic rings. The largest absolute Gasteiger partial charge is 0.399 e. The van der Waals surface area contributed by atoms with Gasteiger partial charge in [0, 0.05) is 23.4 Å². The summed E-state index contributed by atoms with van der Waals surface area (Å²) in [7, 11) is 1.67. The van der Waals surface area contributed by atoms with Crippen molar-refractivity contribution in [1.29, 1.82) is 0 Å². The molecule has 84 valence electrons. The number of ether oxygens (including phenoxy) is 2. The lowest BCUT2D eigenvalue weighted by Crippen LogP contribution is -2.04. The monoisotopic (exact) mass is 227 g/mol. The summed E-state index contributed by atoms with van der Waals surface area (Å²) in [6, 6.07) is 7.87. The number of hydrogen-bond donors (Lipinski definition) is 1. The number of nitrogens with two attached hydrogens (primary N) is 1. The average Bonchev–Trinajstić information content (AvgIpc) is 2.23. The van der Waals surface area contributed by atoms with Gasteiger partial charge in [0.2, 0.25) is 0 Å². The number of rotatable bonds is 7. The third-order valence-electron chi connectivity index (χ3n) is 1.79. The molecule has 0 aliphatic carbocycles. The SMILES string of the molecule is COCCOCCSc1cccc(N)c1. The van der Waals surface area contributed by atoms with Crippen molar-refractivity contribution in [2.24, 2.45) is 0 Å². The van der Waals surface area contributed by atoms with E-state index in [0.29, 0.717) is 13.2 Å². The molecule has 0 spiro atoms. The lowest BCUT2D eigenvalue weighted by molar-refractivity contribution is 0.0790. The van der Waals surface area contributed by atoms with Gasteiger partial charge in [-0.3, -0.25) is 0 Å². The molecule has 4 heteroatoms. The summed E-state index contributed by atoms with van der Waals surface area (Å²) in [5, 5.41) is 0. The van der Waals surface area contributed by atoms with Gasteiger partial charge in [0.25, 0.3) is 0 Å². The Morgan fingerprint density at radius 3 is 2.87 bits per heavy atom. The molecular formula is C11H17NO2S. The first-order chi connectivity index (χ1) is 7.33. The fraction of sp³-hybridized carbons (Fsp3) is 0.455. The predicted molar refractivity (Wildman–Crippen MR) is 64.3 cm³/mol. The van der Waals surface area contributed by atoms with E-state index in [0.717, 1.165) is 18.0 Å². The van der Waals surface area contributed by atoms with Crippen LogP contribution >= 0.6 is 11.8 Å². The number of anilines is 1. The molecule has 1 rings (SSSR count). The van der Waals surface area contributed by atoms with Crippen LogP contribution in [0.2, 0.25) is 0 Å². The first kappa shape index (κ1) is 12.4. The summed E-state index contributed by atoms with van der Waals surface area (Å²) >= 11 is 1.75. The lowest BCUT2D eigenvalue weighted by atomic mass is 10.3. The van der Waals surface area contributed by atoms with Gasteiger partial charge in [-0.15, -0.1) is 11.8 Å². The summed E-state index contributed by atoms with van der Waals surface area (Å²) in [4.78, 5) is 1.19. The summed E-state index contributed by atoms with van der Waals surface area (Å²) in [6.07, 6.45) is 0. The molecule has 2 N–H and O–H groups in total. The van der Waals surface area contributed by atoms with Gasteiger partial charge in [0.15, 0.2) is 0 Å². The summed E-state index contributed by atoms with van der Waals surface area (Å²) in [6.45, 7) is 2.06. The van der Waals surface area contributed by atoms with Crippen LogP contribution in [-0.2, 0) is 9.47 Å². The second-order valence-electron chi connectivity index (χ2n) is 3.03. The lowest BCUT2D eigenvalue weighted by Gasteiger charge is -2.04. The van der Waals surface area contributed by atoms with Crippen LogP contribution in [0.4, 0.5) is 5.69 Å². The van der Waals surface area contributed by atoms with Crippen molar-refractivity contribution in [2.45, 2.75) is 4.90 Å². The predicted octanol–water partition coefficient (Wildman–Crippen LogP) is 2.02. The minimum Gasteiger partial charge on any atom is -0.399 e. The van der Waals surface area contributed by atoms with Gasteiger partial charge >= 0.3 is 0 Å². The van der Waals surface area contributed by atoms with Gasteiger partial charge in [-0.25, -0.2) is 0 Å². The quantitative estimate of drug-likeness (QED) is 0.440. The summed E-state index contributed by atoms with van der Waals surface area (Å²) in [5.41, 5.74) is 6.47. The fourth-order valence-electron chi connectivity index (χ4n) is 1.07. The first-order valence-corrected chi connectivity index (χ1v) is 5.86. The second-order valence-corrected chi connectivity index (χ2v) is 4.19. The van der Waals surface area contributed by atoms with Gasteiger partial charge in [-0.2, -0.15) is 0 Å².